The molecule has 0 radical (unpaired) electrons. The molecular weight excluding hydrogens is 469 g/mol. The molecule has 1 aromatic carbocycles. The molecule has 9 heteroatoms. The molecule has 1 heterocycles. The molecule has 26 heavy (non-hydrogen) atoms. The highest BCUT2D eigenvalue weighted by atomic mass is 127. The van der Waals surface area contributed by atoms with E-state index in [1.54, 1.807) is 26.0 Å². The van der Waals surface area contributed by atoms with Gasteiger partial charge < -0.3 is 20.1 Å². The van der Waals surface area contributed by atoms with Gasteiger partial charge in [-0.05, 0) is 38.5 Å². The van der Waals surface area contributed by atoms with Crippen LogP contribution in [0.4, 0.5) is 0 Å². The molecule has 1 saturated heterocycles. The van der Waals surface area contributed by atoms with Gasteiger partial charge in [0.15, 0.2) is 27.3 Å². The molecule has 0 amide bonds. The van der Waals surface area contributed by atoms with Gasteiger partial charge in [0.05, 0.1) is 24.2 Å². The maximum Gasteiger partial charge on any atom is 0.194 e. The number of guanidine groups is 1. The topological polar surface area (TPSA) is 91.2 Å². The molecule has 0 unspecified atom stereocenters. The van der Waals surface area contributed by atoms with Crippen LogP contribution in [0.2, 0.25) is 0 Å². The van der Waals surface area contributed by atoms with Crippen LogP contribution in [0.3, 0.4) is 0 Å². The summed E-state index contributed by atoms with van der Waals surface area (Å²) >= 11 is 0. The van der Waals surface area contributed by atoms with Gasteiger partial charge in [-0.3, -0.25) is 0 Å². The summed E-state index contributed by atoms with van der Waals surface area (Å²) in [6.07, 6.45) is 0. The lowest BCUT2D eigenvalue weighted by molar-refractivity contribution is 0.353. The van der Waals surface area contributed by atoms with Crippen molar-refractivity contribution in [3.63, 3.8) is 0 Å². The molecule has 1 aromatic rings. The van der Waals surface area contributed by atoms with Gasteiger partial charge in [-0.2, -0.15) is 0 Å². The lowest BCUT2D eigenvalue weighted by atomic mass is 10.2. The van der Waals surface area contributed by atoms with E-state index in [9.17, 15) is 13.5 Å². The van der Waals surface area contributed by atoms with Crippen LogP contribution in [-0.2, 0) is 16.4 Å². The summed E-state index contributed by atoms with van der Waals surface area (Å²) < 4.78 is 28.6. The van der Waals surface area contributed by atoms with E-state index in [2.05, 4.69) is 10.3 Å². The first-order valence-corrected chi connectivity index (χ1v) is 9.97. The van der Waals surface area contributed by atoms with Crippen molar-refractivity contribution >= 4 is 39.8 Å². The fraction of sp³-hybridized carbons (Fsp3) is 0.588. The van der Waals surface area contributed by atoms with E-state index in [-0.39, 0.29) is 35.5 Å². The molecule has 1 aliphatic rings. The van der Waals surface area contributed by atoms with Crippen molar-refractivity contribution in [1.29, 1.82) is 0 Å². The highest BCUT2D eigenvalue weighted by molar-refractivity contribution is 14.0. The molecule has 1 fully saturated rings. The first kappa shape index (κ1) is 22.8. The number of ether oxygens (including phenoxy) is 1. The fourth-order valence-electron chi connectivity index (χ4n) is 2.75. The van der Waals surface area contributed by atoms with Crippen molar-refractivity contribution in [3.8, 4) is 11.5 Å². The lowest BCUT2D eigenvalue weighted by Crippen LogP contribution is -2.57. The summed E-state index contributed by atoms with van der Waals surface area (Å²) in [6.45, 7) is 7.36. The summed E-state index contributed by atoms with van der Waals surface area (Å²) in [7, 11) is -1.59. The number of benzene rings is 1. The number of methoxy groups -OCH3 is 1. The Morgan fingerprint density at radius 2 is 2.12 bits per heavy atom. The van der Waals surface area contributed by atoms with Gasteiger partial charge in [0.1, 0.15) is 0 Å². The number of nitrogens with one attached hydrogen (secondary N) is 1. The molecule has 1 aliphatic heterocycles. The van der Waals surface area contributed by atoms with Crippen LogP contribution in [0.15, 0.2) is 23.2 Å². The third-order valence-corrected chi connectivity index (χ3v) is 6.87. The maximum atomic E-state index is 12.2. The monoisotopic (exact) mass is 497 g/mol. The molecule has 0 spiro atoms. The quantitative estimate of drug-likeness (QED) is 0.376. The fourth-order valence-corrected chi connectivity index (χ4v) is 4.12. The molecule has 0 atom stereocenters. The molecule has 0 aromatic heterocycles. The van der Waals surface area contributed by atoms with E-state index in [0.29, 0.717) is 37.9 Å². The lowest BCUT2D eigenvalue weighted by Gasteiger charge is -2.39. The number of aromatic hydroxyl groups is 1. The first-order chi connectivity index (χ1) is 11.7. The molecule has 0 bridgehead atoms. The van der Waals surface area contributed by atoms with Crippen LogP contribution in [0, 0.1) is 0 Å². The molecule has 2 N–H and O–H groups in total. The summed E-state index contributed by atoms with van der Waals surface area (Å²) in [6, 6.07) is 5.16. The average molecular weight is 497 g/mol. The largest absolute Gasteiger partial charge is 0.504 e. The van der Waals surface area contributed by atoms with Gasteiger partial charge in [-0.1, -0.05) is 6.07 Å². The van der Waals surface area contributed by atoms with Gasteiger partial charge in [0.25, 0.3) is 0 Å². The summed E-state index contributed by atoms with van der Waals surface area (Å²) in [4.78, 5) is 6.58. The predicted molar refractivity (Wildman–Crippen MR) is 114 cm³/mol. The highest BCUT2D eigenvalue weighted by Gasteiger charge is 2.40. The minimum atomic E-state index is -3.09. The van der Waals surface area contributed by atoms with E-state index in [1.807, 2.05) is 17.9 Å². The minimum Gasteiger partial charge on any atom is -0.504 e. The third kappa shape index (κ3) is 5.15. The smallest absolute Gasteiger partial charge is 0.194 e. The van der Waals surface area contributed by atoms with Crippen LogP contribution < -0.4 is 10.1 Å². The van der Waals surface area contributed by atoms with Crippen molar-refractivity contribution in [1.82, 2.24) is 10.2 Å². The number of hydrogen-bond acceptors (Lipinski definition) is 5. The molecule has 0 saturated carbocycles. The molecular formula is C17H28IN3O4S. The van der Waals surface area contributed by atoms with Gasteiger partial charge in [0, 0.05) is 19.6 Å². The SMILES string of the molecule is CCNC(=NCc1ccc(OC)c(O)c1)N1CCS(=O)(=O)C(C)(C)C1.I. The number of phenolic OH excluding ortho intramolecular Hbond substituents is 1. The number of rotatable bonds is 4. The number of phenols is 1. The van der Waals surface area contributed by atoms with Crippen LogP contribution in [0.5, 0.6) is 11.5 Å². The Hall–Kier alpha value is -1.23. The maximum absolute atomic E-state index is 12.2. The number of halogens is 1. The predicted octanol–water partition coefficient (Wildman–Crippen LogP) is 1.99. The number of aliphatic imine (C=N–C) groups is 1. The van der Waals surface area contributed by atoms with Crippen molar-refractivity contribution in [2.75, 3.05) is 32.5 Å². The standard InChI is InChI=1S/C17H27N3O4S.HI/c1-5-18-16(20-8-9-25(22,23)17(2,3)12-20)19-11-13-6-7-15(24-4)14(21)10-13;/h6-7,10,21H,5,8-9,11-12H2,1-4H3,(H,18,19);1H. The van der Waals surface area contributed by atoms with E-state index < -0.39 is 14.6 Å². The molecule has 148 valence electrons. The zero-order valence-corrected chi connectivity index (χ0v) is 18.8. The van der Waals surface area contributed by atoms with Crippen molar-refractivity contribution < 1.29 is 18.3 Å². The van der Waals surface area contributed by atoms with E-state index in [4.69, 9.17) is 4.74 Å². The Balaban J connectivity index is 0.00000338. The van der Waals surface area contributed by atoms with Crippen molar-refractivity contribution in [2.24, 2.45) is 4.99 Å². The second-order valence-electron chi connectivity index (χ2n) is 6.68. The summed E-state index contributed by atoms with van der Waals surface area (Å²) in [5, 5.41) is 13.1. The second-order valence-corrected chi connectivity index (χ2v) is 9.42. The van der Waals surface area contributed by atoms with E-state index in [1.165, 1.54) is 7.11 Å². The Kier molecular flexibility index (Phi) is 8.00. The van der Waals surface area contributed by atoms with Crippen molar-refractivity contribution in [3.05, 3.63) is 23.8 Å². The summed E-state index contributed by atoms with van der Waals surface area (Å²) in [5.74, 6) is 1.29. The van der Waals surface area contributed by atoms with Crippen LogP contribution in [0.1, 0.15) is 26.3 Å². The van der Waals surface area contributed by atoms with Gasteiger partial charge in [-0.25, -0.2) is 13.4 Å². The van der Waals surface area contributed by atoms with Gasteiger partial charge in [-0.15, -0.1) is 24.0 Å². The van der Waals surface area contributed by atoms with Gasteiger partial charge >= 0.3 is 0 Å². The Bertz CT molecular complexity index is 750. The molecule has 0 aliphatic carbocycles. The van der Waals surface area contributed by atoms with Crippen LogP contribution in [0.25, 0.3) is 0 Å². The number of nitrogens with zero attached hydrogens (tertiary/aromatic N) is 2. The van der Waals surface area contributed by atoms with Crippen LogP contribution in [-0.4, -0.2) is 61.6 Å². The van der Waals surface area contributed by atoms with E-state index >= 15 is 0 Å². The zero-order valence-electron chi connectivity index (χ0n) is 15.7. The van der Waals surface area contributed by atoms with E-state index in [0.717, 1.165) is 5.56 Å². The number of hydrogen-bond donors (Lipinski definition) is 2. The normalized spacial score (nSPS) is 18.8. The Morgan fingerprint density at radius 1 is 1.42 bits per heavy atom. The van der Waals surface area contributed by atoms with Crippen molar-refractivity contribution in [2.45, 2.75) is 32.1 Å². The zero-order chi connectivity index (χ0) is 18.7. The Morgan fingerprint density at radius 3 is 2.65 bits per heavy atom. The second kappa shape index (κ2) is 9.12. The molecule has 2 rings (SSSR count). The summed E-state index contributed by atoms with van der Waals surface area (Å²) in [5.41, 5.74) is 0.845. The Labute approximate surface area is 172 Å². The third-order valence-electron chi connectivity index (χ3n) is 4.33. The van der Waals surface area contributed by atoms with Gasteiger partial charge in [0.2, 0.25) is 0 Å². The average Bonchev–Trinajstić information content (AvgIpc) is 2.54. The first-order valence-electron chi connectivity index (χ1n) is 8.31. The molecule has 7 nitrogen and oxygen atoms in total. The van der Waals surface area contributed by atoms with Crippen LogP contribution >= 0.6 is 24.0 Å². The number of sulfone groups is 1. The minimum absolute atomic E-state index is 0. The highest BCUT2D eigenvalue weighted by Crippen LogP contribution is 2.27.